The molecule has 0 bridgehead atoms. The summed E-state index contributed by atoms with van der Waals surface area (Å²) in [6.45, 7) is 11.4. The molecule has 0 spiro atoms. The third-order valence-corrected chi connectivity index (χ3v) is 7.93. The standard InChI is InChI=1S/C34H47NO/c1-6-7-8-9-10-17-25-33(36)34(27(2)3,28(4)5)29-19-18-24-32(26-29)35(30-20-13-11-14-21-30)31-22-15-12-16-23-31/h11-16,18-24,26-28,33,36H,6-10,17,25H2,1-5H3. The molecule has 0 aliphatic heterocycles. The van der Waals surface area contributed by atoms with E-state index in [0.29, 0.717) is 11.8 Å². The molecule has 0 amide bonds. The van der Waals surface area contributed by atoms with Crippen LogP contribution < -0.4 is 4.90 Å². The Morgan fingerprint density at radius 1 is 0.639 bits per heavy atom. The first-order chi connectivity index (χ1) is 17.4. The molecule has 0 aliphatic rings. The second-order valence-corrected chi connectivity index (χ2v) is 10.9. The molecule has 1 unspecified atom stereocenters. The lowest BCUT2D eigenvalue weighted by atomic mass is 9.60. The molecular formula is C34H47NO. The number of nitrogens with zero attached hydrogens (tertiary/aromatic N) is 1. The van der Waals surface area contributed by atoms with E-state index in [4.69, 9.17) is 0 Å². The van der Waals surface area contributed by atoms with Gasteiger partial charge in [-0.05, 0) is 60.2 Å². The van der Waals surface area contributed by atoms with Crippen molar-refractivity contribution in [3.8, 4) is 0 Å². The van der Waals surface area contributed by atoms with Crippen LogP contribution in [-0.4, -0.2) is 11.2 Å². The number of aliphatic hydroxyl groups excluding tert-OH is 1. The van der Waals surface area contributed by atoms with E-state index >= 15 is 0 Å². The molecule has 36 heavy (non-hydrogen) atoms. The molecular weight excluding hydrogens is 438 g/mol. The van der Waals surface area contributed by atoms with Crippen LogP contribution in [0.1, 0.15) is 85.1 Å². The SMILES string of the molecule is CCCCCCCCC(O)C(c1cccc(N(c2ccccc2)c2ccccc2)c1)(C(C)C)C(C)C. The summed E-state index contributed by atoms with van der Waals surface area (Å²) in [4.78, 5) is 2.31. The molecule has 1 N–H and O–H groups in total. The van der Waals surface area contributed by atoms with E-state index in [-0.39, 0.29) is 11.5 Å². The van der Waals surface area contributed by atoms with Gasteiger partial charge in [0.25, 0.3) is 0 Å². The van der Waals surface area contributed by atoms with Gasteiger partial charge in [-0.1, -0.05) is 122 Å². The maximum absolute atomic E-state index is 11.8. The van der Waals surface area contributed by atoms with Gasteiger partial charge in [-0.15, -0.1) is 0 Å². The van der Waals surface area contributed by atoms with Crippen molar-refractivity contribution in [1.29, 1.82) is 0 Å². The molecule has 0 fully saturated rings. The molecule has 0 aromatic heterocycles. The summed E-state index contributed by atoms with van der Waals surface area (Å²) in [6, 6.07) is 30.0. The van der Waals surface area contributed by atoms with Crippen LogP contribution in [0.25, 0.3) is 0 Å². The summed E-state index contributed by atoms with van der Waals surface area (Å²) in [5, 5.41) is 11.8. The maximum atomic E-state index is 11.8. The Bertz CT molecular complexity index is 964. The van der Waals surface area contributed by atoms with Crippen molar-refractivity contribution in [2.45, 2.75) is 91.1 Å². The number of benzene rings is 3. The third kappa shape index (κ3) is 6.40. The van der Waals surface area contributed by atoms with Gasteiger partial charge < -0.3 is 10.0 Å². The zero-order valence-corrected chi connectivity index (χ0v) is 23.2. The Labute approximate surface area is 220 Å². The normalized spacial score (nSPS) is 12.8. The van der Waals surface area contributed by atoms with Crippen LogP contribution >= 0.6 is 0 Å². The van der Waals surface area contributed by atoms with Crippen molar-refractivity contribution in [2.24, 2.45) is 11.8 Å². The van der Waals surface area contributed by atoms with Gasteiger partial charge in [0.05, 0.1) is 6.10 Å². The zero-order valence-electron chi connectivity index (χ0n) is 23.2. The summed E-state index contributed by atoms with van der Waals surface area (Å²) >= 11 is 0. The van der Waals surface area contributed by atoms with Gasteiger partial charge in [-0.2, -0.15) is 0 Å². The number of para-hydroxylation sites is 2. The molecule has 0 radical (unpaired) electrons. The van der Waals surface area contributed by atoms with E-state index in [2.05, 4.69) is 124 Å². The highest BCUT2D eigenvalue weighted by Gasteiger charge is 2.45. The minimum absolute atomic E-state index is 0.307. The number of hydrogen-bond donors (Lipinski definition) is 1. The molecule has 3 aromatic carbocycles. The number of aliphatic hydroxyl groups is 1. The molecule has 194 valence electrons. The van der Waals surface area contributed by atoms with E-state index in [0.717, 1.165) is 29.9 Å². The van der Waals surface area contributed by atoms with Crippen molar-refractivity contribution < 1.29 is 5.11 Å². The minimum atomic E-state index is -0.374. The molecule has 2 heteroatoms. The van der Waals surface area contributed by atoms with Crippen molar-refractivity contribution >= 4 is 17.1 Å². The summed E-state index contributed by atoms with van der Waals surface area (Å²) in [5.41, 5.74) is 4.32. The fourth-order valence-electron chi connectivity index (χ4n) is 6.17. The lowest BCUT2D eigenvalue weighted by Gasteiger charge is -2.46. The topological polar surface area (TPSA) is 23.5 Å². The van der Waals surface area contributed by atoms with Crippen molar-refractivity contribution in [2.75, 3.05) is 4.90 Å². The van der Waals surface area contributed by atoms with Crippen LogP contribution in [0.5, 0.6) is 0 Å². The lowest BCUT2D eigenvalue weighted by Crippen LogP contribution is -2.48. The molecule has 0 saturated heterocycles. The Morgan fingerprint density at radius 3 is 1.67 bits per heavy atom. The Morgan fingerprint density at radius 2 is 1.14 bits per heavy atom. The lowest BCUT2D eigenvalue weighted by molar-refractivity contribution is 0.0106. The number of anilines is 3. The predicted molar refractivity (Wildman–Crippen MR) is 156 cm³/mol. The van der Waals surface area contributed by atoms with Gasteiger partial charge in [-0.25, -0.2) is 0 Å². The Balaban J connectivity index is 1.99. The average Bonchev–Trinajstić information content (AvgIpc) is 2.88. The fourth-order valence-corrected chi connectivity index (χ4v) is 6.17. The highest BCUT2D eigenvalue weighted by atomic mass is 16.3. The van der Waals surface area contributed by atoms with Crippen LogP contribution in [0.4, 0.5) is 17.1 Å². The maximum Gasteiger partial charge on any atom is 0.0641 e. The summed E-state index contributed by atoms with van der Waals surface area (Å²) in [5.74, 6) is 0.620. The second kappa shape index (κ2) is 13.7. The van der Waals surface area contributed by atoms with Crippen molar-refractivity contribution in [3.05, 3.63) is 90.5 Å². The Kier molecular flexibility index (Phi) is 10.6. The molecule has 0 heterocycles. The smallest absolute Gasteiger partial charge is 0.0641 e. The summed E-state index contributed by atoms with van der Waals surface area (Å²) in [7, 11) is 0. The van der Waals surface area contributed by atoms with Crippen LogP contribution in [-0.2, 0) is 5.41 Å². The summed E-state index contributed by atoms with van der Waals surface area (Å²) in [6.07, 6.45) is 7.94. The predicted octanol–water partition coefficient (Wildman–Crippen LogP) is 9.82. The minimum Gasteiger partial charge on any atom is -0.392 e. The van der Waals surface area contributed by atoms with Gasteiger partial charge in [0.15, 0.2) is 0 Å². The van der Waals surface area contributed by atoms with Crippen LogP contribution in [0.15, 0.2) is 84.9 Å². The molecule has 2 nitrogen and oxygen atoms in total. The van der Waals surface area contributed by atoms with Crippen molar-refractivity contribution in [3.63, 3.8) is 0 Å². The van der Waals surface area contributed by atoms with E-state index in [1.165, 1.54) is 37.7 Å². The largest absolute Gasteiger partial charge is 0.392 e. The van der Waals surface area contributed by atoms with Crippen LogP contribution in [0, 0.1) is 11.8 Å². The monoisotopic (exact) mass is 485 g/mol. The second-order valence-electron chi connectivity index (χ2n) is 10.9. The van der Waals surface area contributed by atoms with E-state index in [1.807, 2.05) is 0 Å². The van der Waals surface area contributed by atoms with Crippen LogP contribution in [0.2, 0.25) is 0 Å². The number of rotatable bonds is 14. The van der Waals surface area contributed by atoms with Gasteiger partial charge in [0.2, 0.25) is 0 Å². The van der Waals surface area contributed by atoms with E-state index < -0.39 is 0 Å². The van der Waals surface area contributed by atoms with Crippen molar-refractivity contribution in [1.82, 2.24) is 0 Å². The number of unbranched alkanes of at least 4 members (excludes halogenated alkanes) is 5. The fraction of sp³-hybridized carbons (Fsp3) is 0.471. The first kappa shape index (κ1) is 28.0. The highest BCUT2D eigenvalue weighted by molar-refractivity contribution is 5.76. The van der Waals surface area contributed by atoms with E-state index in [1.54, 1.807) is 0 Å². The Hall–Kier alpha value is -2.58. The highest BCUT2D eigenvalue weighted by Crippen LogP contribution is 2.46. The van der Waals surface area contributed by atoms with Crippen LogP contribution in [0.3, 0.4) is 0 Å². The van der Waals surface area contributed by atoms with Gasteiger partial charge in [-0.3, -0.25) is 0 Å². The summed E-state index contributed by atoms with van der Waals surface area (Å²) < 4.78 is 0. The van der Waals surface area contributed by atoms with Gasteiger partial charge in [0, 0.05) is 22.5 Å². The average molecular weight is 486 g/mol. The zero-order chi connectivity index (χ0) is 26.0. The number of hydrogen-bond acceptors (Lipinski definition) is 2. The van der Waals surface area contributed by atoms with Gasteiger partial charge >= 0.3 is 0 Å². The molecule has 3 aromatic rings. The van der Waals surface area contributed by atoms with Gasteiger partial charge in [0.1, 0.15) is 0 Å². The molecule has 1 atom stereocenters. The molecule has 0 aliphatic carbocycles. The third-order valence-electron chi connectivity index (χ3n) is 7.93. The quantitative estimate of drug-likeness (QED) is 0.230. The molecule has 0 saturated carbocycles. The first-order valence-corrected chi connectivity index (χ1v) is 14.1. The first-order valence-electron chi connectivity index (χ1n) is 14.1. The van der Waals surface area contributed by atoms with E-state index in [9.17, 15) is 5.11 Å². The molecule has 3 rings (SSSR count).